The number of fused-ring (bicyclic) bond motifs is 1. The first-order valence-electron chi connectivity index (χ1n) is 13.0. The number of sulfonamides is 1. The molecule has 0 amide bonds. The highest BCUT2D eigenvalue weighted by Gasteiger charge is 2.23. The number of rotatable bonds is 7. The molecule has 0 unspecified atom stereocenters. The lowest BCUT2D eigenvalue weighted by Crippen LogP contribution is -2.36. The number of anilines is 3. The summed E-state index contributed by atoms with van der Waals surface area (Å²) in [7, 11) is 0.414. The van der Waals surface area contributed by atoms with E-state index in [2.05, 4.69) is 39.0 Å². The van der Waals surface area contributed by atoms with Crippen molar-refractivity contribution in [3.05, 3.63) is 59.9 Å². The van der Waals surface area contributed by atoms with Crippen molar-refractivity contribution < 1.29 is 8.42 Å². The molecule has 0 spiro atoms. The number of nitrogens with one attached hydrogen (secondary N) is 2. The zero-order valence-electron chi connectivity index (χ0n) is 22.6. The highest BCUT2D eigenvalue weighted by molar-refractivity contribution is 7.92. The molecule has 3 aromatic heterocycles. The second-order valence-electron chi connectivity index (χ2n) is 10.3. The molecule has 0 saturated heterocycles. The van der Waals surface area contributed by atoms with Gasteiger partial charge < -0.3 is 16.0 Å². The molecule has 0 radical (unpaired) electrons. The molecule has 4 N–H and O–H groups in total. The van der Waals surface area contributed by atoms with Crippen molar-refractivity contribution in [3.8, 4) is 11.3 Å². The van der Waals surface area contributed by atoms with E-state index >= 15 is 0 Å². The Kier molecular flexibility index (Phi) is 7.37. The smallest absolute Gasteiger partial charge is 0.265 e. The number of pyridine rings is 2. The Labute approximate surface area is 229 Å². The van der Waals surface area contributed by atoms with Crippen molar-refractivity contribution in [2.75, 3.05) is 29.9 Å². The van der Waals surface area contributed by atoms with Crippen LogP contribution in [0.3, 0.4) is 0 Å². The standard InChI is InChI=1S/C28H34N8O2S/c1-17-15-23(21-13-14-26(31-18(21)2)35-39(37,38)25-8-6-5-7-22(25)29)33-24-16-30-28(34-27(17)24)32-19-9-11-20(12-10-19)36(3)4/h5-8,13-16,19-20H,9-12,29H2,1-4H3,(H,31,35)(H,30,32,34). The molecule has 0 atom stereocenters. The summed E-state index contributed by atoms with van der Waals surface area (Å²) in [5, 5.41) is 3.51. The van der Waals surface area contributed by atoms with E-state index in [1.165, 1.54) is 6.07 Å². The zero-order chi connectivity index (χ0) is 27.7. The summed E-state index contributed by atoms with van der Waals surface area (Å²) < 4.78 is 28.1. The lowest BCUT2D eigenvalue weighted by Gasteiger charge is -2.32. The maximum atomic E-state index is 12.8. The Morgan fingerprint density at radius 2 is 1.72 bits per heavy atom. The van der Waals surface area contributed by atoms with E-state index in [9.17, 15) is 8.42 Å². The highest BCUT2D eigenvalue weighted by atomic mass is 32.2. The van der Waals surface area contributed by atoms with Crippen LogP contribution in [-0.4, -0.2) is 59.4 Å². The minimum Gasteiger partial charge on any atom is -0.398 e. The summed E-state index contributed by atoms with van der Waals surface area (Å²) in [5.74, 6) is 0.831. The first-order chi connectivity index (χ1) is 18.6. The predicted molar refractivity (Wildman–Crippen MR) is 155 cm³/mol. The van der Waals surface area contributed by atoms with Gasteiger partial charge in [0.05, 0.1) is 23.1 Å². The topological polar surface area (TPSA) is 139 Å². The first-order valence-corrected chi connectivity index (χ1v) is 14.5. The van der Waals surface area contributed by atoms with E-state index in [0.29, 0.717) is 29.2 Å². The third-order valence-electron chi connectivity index (χ3n) is 7.31. The summed E-state index contributed by atoms with van der Waals surface area (Å²) in [6.45, 7) is 3.82. The van der Waals surface area contributed by atoms with Crippen LogP contribution in [0.2, 0.25) is 0 Å². The fourth-order valence-corrected chi connectivity index (χ4v) is 6.25. The molecule has 10 nitrogen and oxygen atoms in total. The highest BCUT2D eigenvalue weighted by Crippen LogP contribution is 2.29. The van der Waals surface area contributed by atoms with E-state index in [-0.39, 0.29) is 16.4 Å². The zero-order valence-corrected chi connectivity index (χ0v) is 23.5. The van der Waals surface area contributed by atoms with Gasteiger partial charge in [-0.1, -0.05) is 12.1 Å². The quantitative estimate of drug-likeness (QED) is 0.288. The maximum Gasteiger partial charge on any atom is 0.265 e. The average Bonchev–Trinajstić information content (AvgIpc) is 2.89. The molecule has 0 bridgehead atoms. The van der Waals surface area contributed by atoms with Crippen LogP contribution in [0.4, 0.5) is 17.5 Å². The molecule has 4 aromatic rings. The maximum absolute atomic E-state index is 12.8. The molecule has 1 aliphatic carbocycles. The Morgan fingerprint density at radius 3 is 2.41 bits per heavy atom. The Morgan fingerprint density at radius 1 is 0.974 bits per heavy atom. The van der Waals surface area contributed by atoms with E-state index in [0.717, 1.165) is 48.0 Å². The fraction of sp³-hybridized carbons (Fsp3) is 0.357. The van der Waals surface area contributed by atoms with Gasteiger partial charge in [-0.05, 0) is 89.5 Å². The van der Waals surface area contributed by atoms with Gasteiger partial charge in [-0.2, -0.15) is 0 Å². The largest absolute Gasteiger partial charge is 0.398 e. The molecule has 1 aliphatic rings. The van der Waals surface area contributed by atoms with E-state index in [1.807, 2.05) is 26.0 Å². The average molecular weight is 547 g/mol. The van der Waals surface area contributed by atoms with Crippen molar-refractivity contribution in [3.63, 3.8) is 0 Å². The van der Waals surface area contributed by atoms with Crippen LogP contribution in [0.1, 0.15) is 36.9 Å². The van der Waals surface area contributed by atoms with Crippen molar-refractivity contribution in [2.24, 2.45) is 0 Å². The molecule has 3 heterocycles. The number of aryl methyl sites for hydroxylation is 2. The van der Waals surface area contributed by atoms with Gasteiger partial charge in [0.25, 0.3) is 10.0 Å². The molecule has 204 valence electrons. The number of hydrogen-bond acceptors (Lipinski definition) is 9. The molecule has 11 heteroatoms. The number of nitrogens with two attached hydrogens (primary N) is 1. The van der Waals surface area contributed by atoms with Gasteiger partial charge in [0, 0.05) is 23.3 Å². The van der Waals surface area contributed by atoms with E-state index in [1.54, 1.807) is 30.5 Å². The van der Waals surface area contributed by atoms with Crippen molar-refractivity contribution in [2.45, 2.75) is 56.5 Å². The van der Waals surface area contributed by atoms with Crippen LogP contribution < -0.4 is 15.8 Å². The van der Waals surface area contributed by atoms with Crippen LogP contribution >= 0.6 is 0 Å². The lowest BCUT2D eigenvalue weighted by atomic mass is 9.91. The van der Waals surface area contributed by atoms with Gasteiger partial charge in [-0.3, -0.25) is 4.72 Å². The second kappa shape index (κ2) is 10.7. The van der Waals surface area contributed by atoms with Crippen molar-refractivity contribution in [1.82, 2.24) is 24.8 Å². The van der Waals surface area contributed by atoms with Crippen LogP contribution in [0.25, 0.3) is 22.3 Å². The predicted octanol–water partition coefficient (Wildman–Crippen LogP) is 4.37. The van der Waals surface area contributed by atoms with Crippen molar-refractivity contribution in [1.29, 1.82) is 0 Å². The Bertz CT molecular complexity index is 1620. The SMILES string of the molecule is Cc1nc(NS(=O)(=O)c2ccccc2N)ccc1-c1cc(C)c2nc(NC3CCC(N(C)C)CC3)ncc2n1. The minimum atomic E-state index is -3.87. The third kappa shape index (κ3) is 5.79. The van der Waals surface area contributed by atoms with E-state index < -0.39 is 10.0 Å². The van der Waals surface area contributed by atoms with Gasteiger partial charge in [0.2, 0.25) is 5.95 Å². The number of benzene rings is 1. The van der Waals surface area contributed by atoms with Crippen LogP contribution in [0, 0.1) is 13.8 Å². The van der Waals surface area contributed by atoms with E-state index in [4.69, 9.17) is 15.7 Å². The third-order valence-corrected chi connectivity index (χ3v) is 8.74. The van der Waals surface area contributed by atoms with Gasteiger partial charge in [-0.15, -0.1) is 0 Å². The summed E-state index contributed by atoms with van der Waals surface area (Å²) in [5.41, 5.74) is 10.6. The molecule has 1 aromatic carbocycles. The van der Waals surface area contributed by atoms with Gasteiger partial charge in [0.15, 0.2) is 0 Å². The summed E-state index contributed by atoms with van der Waals surface area (Å²) >= 11 is 0. The van der Waals surface area contributed by atoms with Crippen LogP contribution in [-0.2, 0) is 10.0 Å². The number of aromatic nitrogens is 4. The molecule has 1 saturated carbocycles. The van der Waals surface area contributed by atoms with Crippen molar-refractivity contribution >= 4 is 38.5 Å². The summed E-state index contributed by atoms with van der Waals surface area (Å²) in [6, 6.07) is 12.7. The monoisotopic (exact) mass is 546 g/mol. The van der Waals surface area contributed by atoms with Gasteiger partial charge in [0.1, 0.15) is 16.2 Å². The first kappa shape index (κ1) is 26.8. The fourth-order valence-electron chi connectivity index (χ4n) is 5.12. The Hall–Kier alpha value is -3.83. The number of nitrogens with zero attached hydrogens (tertiary/aromatic N) is 5. The molecule has 0 aliphatic heterocycles. The molecular formula is C28H34N8O2S. The molecule has 1 fully saturated rings. The number of nitrogen functional groups attached to an aromatic ring is 1. The lowest BCUT2D eigenvalue weighted by molar-refractivity contribution is 0.221. The molecule has 39 heavy (non-hydrogen) atoms. The number of para-hydroxylation sites is 1. The second-order valence-corrected chi connectivity index (χ2v) is 12.0. The van der Waals surface area contributed by atoms with Crippen LogP contribution in [0.5, 0.6) is 0 Å². The molecule has 5 rings (SSSR count). The van der Waals surface area contributed by atoms with Crippen LogP contribution in [0.15, 0.2) is 53.6 Å². The summed E-state index contributed by atoms with van der Waals surface area (Å²) in [6.07, 6.45) is 6.27. The van der Waals surface area contributed by atoms with Gasteiger partial charge >= 0.3 is 0 Å². The summed E-state index contributed by atoms with van der Waals surface area (Å²) in [4.78, 5) is 20.9. The molecular weight excluding hydrogens is 512 g/mol. The van der Waals surface area contributed by atoms with Gasteiger partial charge in [-0.25, -0.2) is 28.4 Å². The normalized spacial score (nSPS) is 17.9. The number of hydrogen-bond donors (Lipinski definition) is 3. The Balaban J connectivity index is 1.35. The minimum absolute atomic E-state index is 0.00968.